The van der Waals surface area contributed by atoms with Crippen molar-refractivity contribution in [1.29, 1.82) is 0 Å². The summed E-state index contributed by atoms with van der Waals surface area (Å²) in [6.45, 7) is 4.24. The average Bonchev–Trinajstić information content (AvgIpc) is 2.65. The number of hydrogen-bond donors (Lipinski definition) is 0. The molecule has 78 valence electrons. The van der Waals surface area contributed by atoms with Gasteiger partial charge in [-0.1, -0.05) is 18.5 Å². The molecule has 0 atom stereocenters. The van der Waals surface area contributed by atoms with Crippen LogP contribution in [0.1, 0.15) is 25.5 Å². The molecule has 5 heteroatoms. The number of aryl methyl sites for hydroxylation is 1. The third-order valence-corrected chi connectivity index (χ3v) is 2.18. The second-order valence-electron chi connectivity index (χ2n) is 3.81. The molecule has 2 heterocycles. The largest absolute Gasteiger partial charge is 0.257 e. The molecule has 0 N–H and O–H groups in total. The minimum absolute atomic E-state index is 0.450. The fourth-order valence-corrected chi connectivity index (χ4v) is 1.30. The van der Waals surface area contributed by atoms with E-state index in [1.165, 1.54) is 0 Å². The lowest BCUT2D eigenvalue weighted by molar-refractivity contribution is -0.731. The quantitative estimate of drug-likeness (QED) is 0.673. The average molecular weight is 204 g/mol. The molecule has 0 bridgehead atoms. The highest BCUT2D eigenvalue weighted by Crippen LogP contribution is 2.12. The molecule has 0 radical (unpaired) electrons. The highest BCUT2D eigenvalue weighted by Gasteiger charge is 2.08. The fraction of sp³-hybridized carbons (Fsp3) is 0.400. The first kappa shape index (κ1) is 9.76. The van der Waals surface area contributed by atoms with Crippen molar-refractivity contribution in [3.8, 4) is 5.69 Å². The standard InChI is InChI=1S/C10H14N5/c1-8(2)10-5-4-9(6-11-10)15-7-14(3)12-13-15/h4-8H,1-3H3/q+1. The molecule has 0 aliphatic rings. The Morgan fingerprint density at radius 1 is 1.33 bits per heavy atom. The molecule has 0 aliphatic heterocycles. The summed E-state index contributed by atoms with van der Waals surface area (Å²) in [4.78, 5) is 4.37. The Kier molecular flexibility index (Phi) is 2.45. The van der Waals surface area contributed by atoms with Crippen molar-refractivity contribution in [2.45, 2.75) is 19.8 Å². The second kappa shape index (κ2) is 3.76. The van der Waals surface area contributed by atoms with Gasteiger partial charge in [0.2, 0.25) is 6.33 Å². The highest BCUT2D eigenvalue weighted by atomic mass is 15.6. The summed E-state index contributed by atoms with van der Waals surface area (Å²) in [6, 6.07) is 4.01. The number of rotatable bonds is 2. The van der Waals surface area contributed by atoms with Gasteiger partial charge in [0.1, 0.15) is 5.21 Å². The van der Waals surface area contributed by atoms with Crippen LogP contribution in [0.15, 0.2) is 24.7 Å². The molecule has 2 aromatic heterocycles. The zero-order valence-electron chi connectivity index (χ0n) is 9.12. The summed E-state index contributed by atoms with van der Waals surface area (Å²) < 4.78 is 3.34. The molecule has 2 aromatic rings. The van der Waals surface area contributed by atoms with Crippen LogP contribution in [0.2, 0.25) is 0 Å². The number of hydrogen-bond acceptors (Lipinski definition) is 3. The van der Waals surface area contributed by atoms with Crippen LogP contribution in [0.25, 0.3) is 5.69 Å². The molecule has 0 unspecified atom stereocenters. The zero-order valence-corrected chi connectivity index (χ0v) is 9.12. The Labute approximate surface area is 88.4 Å². The molecule has 0 aromatic carbocycles. The van der Waals surface area contributed by atoms with Crippen LogP contribution in [0.5, 0.6) is 0 Å². The van der Waals surface area contributed by atoms with E-state index in [2.05, 4.69) is 29.3 Å². The molecule has 0 amide bonds. The Balaban J connectivity index is 2.31. The maximum atomic E-state index is 4.37. The van der Waals surface area contributed by atoms with Gasteiger partial charge in [-0.3, -0.25) is 4.98 Å². The lowest BCUT2D eigenvalue weighted by atomic mass is 10.1. The maximum Gasteiger partial charge on any atom is 0.250 e. The van der Waals surface area contributed by atoms with Crippen molar-refractivity contribution >= 4 is 0 Å². The van der Waals surface area contributed by atoms with E-state index in [1.807, 2.05) is 25.4 Å². The van der Waals surface area contributed by atoms with E-state index >= 15 is 0 Å². The summed E-state index contributed by atoms with van der Waals surface area (Å²) in [5, 5.41) is 7.80. The second-order valence-corrected chi connectivity index (χ2v) is 3.81. The molecule has 5 nitrogen and oxygen atoms in total. The van der Waals surface area contributed by atoms with Gasteiger partial charge in [-0.05, 0) is 18.1 Å². The predicted molar refractivity (Wildman–Crippen MR) is 54.4 cm³/mol. The van der Waals surface area contributed by atoms with Gasteiger partial charge in [-0.15, -0.1) is 4.68 Å². The fourth-order valence-electron chi connectivity index (χ4n) is 1.30. The lowest BCUT2D eigenvalue weighted by Crippen LogP contribution is -2.28. The van der Waals surface area contributed by atoms with Crippen LogP contribution >= 0.6 is 0 Å². The first-order chi connectivity index (χ1) is 7.16. The summed E-state index contributed by atoms with van der Waals surface area (Å²) in [5.74, 6) is 0.450. The number of pyridine rings is 1. The van der Waals surface area contributed by atoms with Crippen LogP contribution in [-0.2, 0) is 7.05 Å². The van der Waals surface area contributed by atoms with Gasteiger partial charge in [-0.2, -0.15) is 0 Å². The Hall–Kier alpha value is -1.78. The summed E-state index contributed by atoms with van der Waals surface area (Å²) in [5.41, 5.74) is 2.01. The SMILES string of the molecule is CC(C)c1ccc(-n2c[n+](C)nn2)cn1. The first-order valence-electron chi connectivity index (χ1n) is 4.91. The minimum Gasteiger partial charge on any atom is -0.257 e. The number of tetrazole rings is 1. The highest BCUT2D eigenvalue weighted by molar-refractivity contribution is 5.27. The summed E-state index contributed by atoms with van der Waals surface area (Å²) >= 11 is 0. The molecular formula is C10H14N5+. The van der Waals surface area contributed by atoms with E-state index in [0.29, 0.717) is 5.92 Å². The smallest absolute Gasteiger partial charge is 0.250 e. The molecule has 0 saturated carbocycles. The van der Waals surface area contributed by atoms with Gasteiger partial charge in [0.15, 0.2) is 10.9 Å². The first-order valence-corrected chi connectivity index (χ1v) is 4.91. The van der Waals surface area contributed by atoms with Crippen LogP contribution in [0.3, 0.4) is 0 Å². The number of aromatic nitrogens is 5. The third-order valence-electron chi connectivity index (χ3n) is 2.18. The topological polar surface area (TPSA) is 47.5 Å². The van der Waals surface area contributed by atoms with Crippen LogP contribution in [0.4, 0.5) is 0 Å². The maximum absolute atomic E-state index is 4.37. The van der Waals surface area contributed by atoms with Gasteiger partial charge in [0.05, 0.1) is 13.2 Å². The van der Waals surface area contributed by atoms with Crippen molar-refractivity contribution < 1.29 is 4.68 Å². The summed E-state index contributed by atoms with van der Waals surface area (Å²) in [7, 11) is 1.83. The molecule has 15 heavy (non-hydrogen) atoms. The van der Waals surface area contributed by atoms with Crippen LogP contribution < -0.4 is 4.68 Å². The predicted octanol–water partition coefficient (Wildman–Crippen LogP) is 0.610. The summed E-state index contributed by atoms with van der Waals surface area (Å²) in [6.07, 6.45) is 3.61. The Morgan fingerprint density at radius 2 is 2.13 bits per heavy atom. The van der Waals surface area contributed by atoms with Crippen molar-refractivity contribution in [3.63, 3.8) is 0 Å². The van der Waals surface area contributed by atoms with E-state index < -0.39 is 0 Å². The Morgan fingerprint density at radius 3 is 2.60 bits per heavy atom. The van der Waals surface area contributed by atoms with Gasteiger partial charge >= 0.3 is 0 Å². The lowest BCUT2D eigenvalue weighted by Gasteiger charge is -2.02. The monoisotopic (exact) mass is 204 g/mol. The van der Waals surface area contributed by atoms with Gasteiger partial charge < -0.3 is 0 Å². The molecule has 0 aliphatic carbocycles. The van der Waals surface area contributed by atoms with E-state index in [4.69, 9.17) is 0 Å². The van der Waals surface area contributed by atoms with E-state index in [9.17, 15) is 0 Å². The van der Waals surface area contributed by atoms with Gasteiger partial charge in [0.25, 0.3) is 0 Å². The van der Waals surface area contributed by atoms with Crippen molar-refractivity contribution in [3.05, 3.63) is 30.4 Å². The van der Waals surface area contributed by atoms with E-state index in [0.717, 1.165) is 11.4 Å². The molecule has 0 spiro atoms. The van der Waals surface area contributed by atoms with Crippen LogP contribution in [0, 0.1) is 0 Å². The van der Waals surface area contributed by atoms with Crippen molar-refractivity contribution in [2.75, 3.05) is 0 Å². The van der Waals surface area contributed by atoms with E-state index in [-0.39, 0.29) is 0 Å². The van der Waals surface area contributed by atoms with Crippen molar-refractivity contribution in [1.82, 2.24) is 20.1 Å². The molecule has 0 fully saturated rings. The molecule has 2 rings (SSSR count). The Bertz CT molecular complexity index is 443. The van der Waals surface area contributed by atoms with Crippen LogP contribution in [-0.4, -0.2) is 20.1 Å². The zero-order chi connectivity index (χ0) is 10.8. The van der Waals surface area contributed by atoms with Gasteiger partial charge in [-0.25, -0.2) is 0 Å². The molecular weight excluding hydrogens is 190 g/mol. The third kappa shape index (κ3) is 2.01. The van der Waals surface area contributed by atoms with Crippen molar-refractivity contribution in [2.24, 2.45) is 7.05 Å². The number of nitrogens with zero attached hydrogens (tertiary/aromatic N) is 5. The minimum atomic E-state index is 0.450. The van der Waals surface area contributed by atoms with E-state index in [1.54, 1.807) is 15.7 Å². The molecule has 0 saturated heterocycles. The van der Waals surface area contributed by atoms with Gasteiger partial charge in [0, 0.05) is 5.69 Å². The normalized spacial score (nSPS) is 10.9.